The van der Waals surface area contributed by atoms with Crippen LogP contribution in [0.2, 0.25) is 0 Å². The number of carbonyl (C=O) groups excluding carboxylic acids is 2. The topological polar surface area (TPSA) is 75.4 Å². The van der Waals surface area contributed by atoms with E-state index in [9.17, 15) is 9.59 Å². The van der Waals surface area contributed by atoms with E-state index in [4.69, 9.17) is 5.73 Å². The summed E-state index contributed by atoms with van der Waals surface area (Å²) in [5.41, 5.74) is 9.29. The van der Waals surface area contributed by atoms with Crippen molar-refractivity contribution in [2.45, 2.75) is 18.9 Å². The Morgan fingerprint density at radius 3 is 2.68 bits per heavy atom. The number of nitrogens with two attached hydrogens (primary N) is 1. The predicted octanol–water partition coefficient (Wildman–Crippen LogP) is 2.24. The first-order valence-electron chi connectivity index (χ1n) is 8.03. The Kier molecular flexibility index (Phi) is 6.17. The first-order valence-corrected chi connectivity index (χ1v) is 8.03. The Morgan fingerprint density at radius 2 is 1.96 bits per heavy atom. The van der Waals surface area contributed by atoms with Gasteiger partial charge < -0.3 is 16.0 Å². The zero-order valence-corrected chi connectivity index (χ0v) is 14.9. The molecule has 3 rings (SSSR count). The number of hydrogen-bond acceptors (Lipinski definition) is 3. The molecule has 1 heterocycles. The van der Waals surface area contributed by atoms with E-state index in [0.29, 0.717) is 17.7 Å². The highest BCUT2D eigenvalue weighted by atomic mass is 35.5. The van der Waals surface area contributed by atoms with Crippen LogP contribution in [0, 0.1) is 0 Å². The number of rotatable bonds is 4. The molecule has 3 N–H and O–H groups in total. The van der Waals surface area contributed by atoms with Crippen LogP contribution in [0.5, 0.6) is 0 Å². The second-order valence-electron chi connectivity index (χ2n) is 6.13. The minimum absolute atomic E-state index is 0. The first-order chi connectivity index (χ1) is 11.5. The molecule has 0 bridgehead atoms. The molecular weight excluding hydrogens is 338 g/mol. The lowest BCUT2D eigenvalue weighted by atomic mass is 9.98. The summed E-state index contributed by atoms with van der Waals surface area (Å²) in [6.07, 6.45) is 1.30. The van der Waals surface area contributed by atoms with E-state index in [1.807, 2.05) is 42.5 Å². The van der Waals surface area contributed by atoms with Gasteiger partial charge >= 0.3 is 0 Å². The van der Waals surface area contributed by atoms with E-state index in [1.54, 1.807) is 18.0 Å². The quantitative estimate of drug-likeness (QED) is 0.879. The second kappa shape index (κ2) is 8.14. The average molecular weight is 360 g/mol. The molecule has 1 aliphatic heterocycles. The summed E-state index contributed by atoms with van der Waals surface area (Å²) in [5, 5.41) is 2.81. The van der Waals surface area contributed by atoms with E-state index >= 15 is 0 Å². The van der Waals surface area contributed by atoms with Gasteiger partial charge in [0.1, 0.15) is 0 Å². The van der Waals surface area contributed by atoms with Gasteiger partial charge in [0.25, 0.3) is 5.91 Å². The Bertz CT molecular complexity index is 765. The number of carbonyl (C=O) groups is 2. The maximum atomic E-state index is 12.3. The number of anilines is 1. The normalized spacial score (nSPS) is 14.3. The Morgan fingerprint density at radius 1 is 1.24 bits per heavy atom. The molecule has 132 valence electrons. The molecule has 5 nitrogen and oxygen atoms in total. The van der Waals surface area contributed by atoms with Gasteiger partial charge in [-0.05, 0) is 36.1 Å². The second-order valence-corrected chi connectivity index (χ2v) is 6.13. The van der Waals surface area contributed by atoms with Crippen LogP contribution in [-0.2, 0) is 17.6 Å². The molecule has 2 aromatic rings. The van der Waals surface area contributed by atoms with Gasteiger partial charge in [-0.25, -0.2) is 0 Å². The van der Waals surface area contributed by atoms with Crippen molar-refractivity contribution in [3.63, 3.8) is 0 Å². The molecule has 0 saturated heterocycles. The van der Waals surface area contributed by atoms with E-state index in [2.05, 4.69) is 5.32 Å². The Balaban J connectivity index is 0.00000225. The van der Waals surface area contributed by atoms with Crippen molar-refractivity contribution in [3.05, 3.63) is 65.2 Å². The standard InChI is InChI=1S/C19H21N3O2.ClH/c1-22-10-9-14-7-8-15(12-16(14)19(22)24)21-18(23)17(20)11-13-5-3-2-4-6-13;/h2-8,12,17H,9-11,20H2,1H3,(H,21,23);1H/t17-;/m0./s1. The summed E-state index contributed by atoms with van der Waals surface area (Å²) in [6, 6.07) is 14.5. The number of amides is 2. The molecule has 0 aromatic heterocycles. The molecule has 2 amide bonds. The molecule has 0 spiro atoms. The number of nitrogens with zero attached hydrogens (tertiary/aromatic N) is 1. The third-order valence-electron chi connectivity index (χ3n) is 4.31. The van der Waals surface area contributed by atoms with Crippen molar-refractivity contribution in [2.24, 2.45) is 5.73 Å². The van der Waals surface area contributed by atoms with Crippen molar-refractivity contribution in [1.29, 1.82) is 0 Å². The minimum atomic E-state index is -0.637. The van der Waals surface area contributed by atoms with Crippen LogP contribution in [0.25, 0.3) is 0 Å². The molecule has 0 unspecified atom stereocenters. The molecule has 0 saturated carbocycles. The number of likely N-dealkylation sites (N-methyl/N-ethyl adjacent to an activating group) is 1. The van der Waals surface area contributed by atoms with Gasteiger partial charge in [0.05, 0.1) is 6.04 Å². The van der Waals surface area contributed by atoms with Gasteiger partial charge in [-0.3, -0.25) is 9.59 Å². The van der Waals surface area contributed by atoms with Crippen molar-refractivity contribution in [1.82, 2.24) is 4.90 Å². The fraction of sp³-hybridized carbons (Fsp3) is 0.263. The molecular formula is C19H22ClN3O2. The third-order valence-corrected chi connectivity index (χ3v) is 4.31. The lowest BCUT2D eigenvalue weighted by molar-refractivity contribution is -0.117. The number of fused-ring (bicyclic) bond motifs is 1. The van der Waals surface area contributed by atoms with Crippen molar-refractivity contribution < 1.29 is 9.59 Å². The molecule has 0 fully saturated rings. The molecule has 1 aliphatic rings. The summed E-state index contributed by atoms with van der Waals surface area (Å²) in [4.78, 5) is 26.2. The lowest BCUT2D eigenvalue weighted by Gasteiger charge is -2.25. The summed E-state index contributed by atoms with van der Waals surface area (Å²) in [5.74, 6) is -0.267. The highest BCUT2D eigenvalue weighted by Gasteiger charge is 2.22. The largest absolute Gasteiger partial charge is 0.341 e. The monoisotopic (exact) mass is 359 g/mol. The fourth-order valence-corrected chi connectivity index (χ4v) is 2.86. The van der Waals surface area contributed by atoms with E-state index in [0.717, 1.165) is 24.1 Å². The predicted molar refractivity (Wildman–Crippen MR) is 101 cm³/mol. The van der Waals surface area contributed by atoms with Crippen molar-refractivity contribution in [3.8, 4) is 0 Å². The van der Waals surface area contributed by atoms with E-state index < -0.39 is 6.04 Å². The van der Waals surface area contributed by atoms with Crippen molar-refractivity contribution >= 4 is 29.9 Å². The van der Waals surface area contributed by atoms with E-state index in [1.165, 1.54) is 0 Å². The maximum absolute atomic E-state index is 12.3. The summed E-state index contributed by atoms with van der Waals surface area (Å²) >= 11 is 0. The molecule has 0 aliphatic carbocycles. The van der Waals surface area contributed by atoms with Gasteiger partial charge in [-0.15, -0.1) is 12.4 Å². The lowest BCUT2D eigenvalue weighted by Crippen LogP contribution is -2.37. The minimum Gasteiger partial charge on any atom is -0.341 e. The Hall–Kier alpha value is -2.37. The van der Waals surface area contributed by atoms with Crippen LogP contribution in [0.1, 0.15) is 21.5 Å². The van der Waals surface area contributed by atoms with Gasteiger partial charge in [-0.1, -0.05) is 36.4 Å². The highest BCUT2D eigenvalue weighted by molar-refractivity contribution is 6.00. The number of hydrogen-bond donors (Lipinski definition) is 2. The van der Waals surface area contributed by atoms with Crippen LogP contribution in [-0.4, -0.2) is 36.3 Å². The molecule has 0 radical (unpaired) electrons. The van der Waals surface area contributed by atoms with Gasteiger partial charge in [-0.2, -0.15) is 0 Å². The molecule has 2 aromatic carbocycles. The number of halogens is 1. The van der Waals surface area contributed by atoms with Crippen LogP contribution < -0.4 is 11.1 Å². The zero-order valence-electron chi connectivity index (χ0n) is 14.1. The highest BCUT2D eigenvalue weighted by Crippen LogP contribution is 2.22. The summed E-state index contributed by atoms with van der Waals surface area (Å²) in [7, 11) is 1.78. The van der Waals surface area contributed by atoms with Gasteiger partial charge in [0.15, 0.2) is 0 Å². The van der Waals surface area contributed by atoms with Crippen LogP contribution in [0.3, 0.4) is 0 Å². The third kappa shape index (κ3) is 4.38. The zero-order chi connectivity index (χ0) is 17.1. The Labute approximate surface area is 153 Å². The van der Waals surface area contributed by atoms with Crippen LogP contribution in [0.15, 0.2) is 48.5 Å². The van der Waals surface area contributed by atoms with Crippen LogP contribution in [0.4, 0.5) is 5.69 Å². The average Bonchev–Trinajstić information content (AvgIpc) is 2.59. The number of benzene rings is 2. The fourth-order valence-electron chi connectivity index (χ4n) is 2.86. The van der Waals surface area contributed by atoms with Gasteiger partial charge in [0, 0.05) is 24.8 Å². The van der Waals surface area contributed by atoms with Crippen molar-refractivity contribution in [2.75, 3.05) is 18.9 Å². The smallest absolute Gasteiger partial charge is 0.253 e. The summed E-state index contributed by atoms with van der Waals surface area (Å²) in [6.45, 7) is 0.722. The molecule has 25 heavy (non-hydrogen) atoms. The molecule has 6 heteroatoms. The van der Waals surface area contributed by atoms with Crippen LogP contribution >= 0.6 is 12.4 Å². The summed E-state index contributed by atoms with van der Waals surface area (Å²) < 4.78 is 0. The SMILES string of the molecule is CN1CCc2ccc(NC(=O)[C@@H](N)Cc3ccccc3)cc2C1=O.Cl. The van der Waals surface area contributed by atoms with E-state index in [-0.39, 0.29) is 24.2 Å². The molecule has 1 atom stereocenters. The number of nitrogens with one attached hydrogen (secondary N) is 1. The van der Waals surface area contributed by atoms with Gasteiger partial charge in [0.2, 0.25) is 5.91 Å². The maximum Gasteiger partial charge on any atom is 0.253 e. The first kappa shape index (κ1) is 19.0.